The van der Waals surface area contributed by atoms with Crippen molar-refractivity contribution in [3.8, 4) is 5.75 Å². The van der Waals surface area contributed by atoms with E-state index in [2.05, 4.69) is 0 Å². The molecule has 0 radical (unpaired) electrons. The Morgan fingerprint density at radius 2 is 2.00 bits per heavy atom. The van der Waals surface area contributed by atoms with E-state index in [4.69, 9.17) is 19.5 Å². The van der Waals surface area contributed by atoms with Gasteiger partial charge in [-0.25, -0.2) is 4.39 Å². The first-order valence-corrected chi connectivity index (χ1v) is 6.45. The molecule has 19 heavy (non-hydrogen) atoms. The molecule has 1 aromatic rings. The van der Waals surface area contributed by atoms with Gasteiger partial charge in [-0.3, -0.25) is 0 Å². The van der Waals surface area contributed by atoms with Gasteiger partial charge in [0.05, 0.1) is 6.10 Å². The summed E-state index contributed by atoms with van der Waals surface area (Å²) in [6.45, 7) is 0. The molecule has 1 aliphatic rings. The summed E-state index contributed by atoms with van der Waals surface area (Å²) in [6.07, 6.45) is 3.60. The second-order valence-corrected chi connectivity index (χ2v) is 4.83. The SMILES string of the molecule is COC1CCCC(Oc2cc(B(O)O)ccc2F)C1. The molecule has 1 aliphatic carbocycles. The fraction of sp³-hybridized carbons (Fsp3) is 0.538. The molecule has 2 atom stereocenters. The Bertz CT molecular complexity index is 427. The zero-order valence-corrected chi connectivity index (χ0v) is 10.9. The van der Waals surface area contributed by atoms with Gasteiger partial charge in [0.2, 0.25) is 0 Å². The van der Waals surface area contributed by atoms with Crippen LogP contribution in [0, 0.1) is 5.82 Å². The van der Waals surface area contributed by atoms with Crippen LogP contribution >= 0.6 is 0 Å². The Morgan fingerprint density at radius 3 is 2.68 bits per heavy atom. The topological polar surface area (TPSA) is 58.9 Å². The smallest absolute Gasteiger partial charge is 0.487 e. The monoisotopic (exact) mass is 268 g/mol. The predicted molar refractivity (Wildman–Crippen MR) is 69.9 cm³/mol. The largest absolute Gasteiger partial charge is 0.488 e. The average Bonchev–Trinajstić information content (AvgIpc) is 2.41. The van der Waals surface area contributed by atoms with E-state index < -0.39 is 12.9 Å². The Balaban J connectivity index is 2.07. The van der Waals surface area contributed by atoms with Crippen molar-refractivity contribution in [2.75, 3.05) is 7.11 Å². The molecule has 2 unspecified atom stereocenters. The van der Waals surface area contributed by atoms with Gasteiger partial charge in [-0.2, -0.15) is 0 Å². The molecule has 0 amide bonds. The Hall–Kier alpha value is -1.11. The van der Waals surface area contributed by atoms with Crippen LogP contribution in [0.15, 0.2) is 18.2 Å². The van der Waals surface area contributed by atoms with Crippen LogP contribution in [-0.4, -0.2) is 36.5 Å². The van der Waals surface area contributed by atoms with Crippen LogP contribution in [-0.2, 0) is 4.74 Å². The van der Waals surface area contributed by atoms with Gasteiger partial charge < -0.3 is 19.5 Å². The van der Waals surface area contributed by atoms with Crippen molar-refractivity contribution >= 4 is 12.6 Å². The molecule has 2 N–H and O–H groups in total. The first-order chi connectivity index (χ1) is 9.10. The maximum atomic E-state index is 13.6. The highest BCUT2D eigenvalue weighted by Crippen LogP contribution is 2.26. The molecule has 0 aromatic heterocycles. The van der Waals surface area contributed by atoms with Crippen molar-refractivity contribution < 1.29 is 23.9 Å². The van der Waals surface area contributed by atoms with Crippen molar-refractivity contribution in [3.63, 3.8) is 0 Å². The third-order valence-electron chi connectivity index (χ3n) is 3.46. The van der Waals surface area contributed by atoms with Gasteiger partial charge in [-0.05, 0) is 36.9 Å². The lowest BCUT2D eigenvalue weighted by atomic mass is 9.80. The van der Waals surface area contributed by atoms with E-state index >= 15 is 0 Å². The molecule has 1 aromatic carbocycles. The minimum absolute atomic E-state index is 0.0624. The molecule has 0 aliphatic heterocycles. The van der Waals surface area contributed by atoms with Gasteiger partial charge in [0.15, 0.2) is 11.6 Å². The number of ether oxygens (including phenoxy) is 2. The maximum absolute atomic E-state index is 13.6. The second-order valence-electron chi connectivity index (χ2n) is 4.83. The zero-order chi connectivity index (χ0) is 13.8. The van der Waals surface area contributed by atoms with Crippen LogP contribution in [0.4, 0.5) is 4.39 Å². The minimum Gasteiger partial charge on any atom is -0.487 e. The van der Waals surface area contributed by atoms with E-state index in [-0.39, 0.29) is 23.4 Å². The lowest BCUT2D eigenvalue weighted by molar-refractivity contribution is 0.0198. The number of methoxy groups -OCH3 is 1. The van der Waals surface area contributed by atoms with Gasteiger partial charge >= 0.3 is 7.12 Å². The summed E-state index contributed by atoms with van der Waals surface area (Å²) in [5, 5.41) is 18.2. The molecule has 0 bridgehead atoms. The first-order valence-electron chi connectivity index (χ1n) is 6.45. The highest BCUT2D eigenvalue weighted by atomic mass is 19.1. The van der Waals surface area contributed by atoms with Crippen LogP contribution in [0.1, 0.15) is 25.7 Å². The first kappa shape index (κ1) is 14.3. The molecular weight excluding hydrogens is 250 g/mol. The Morgan fingerprint density at radius 1 is 1.26 bits per heavy atom. The van der Waals surface area contributed by atoms with Crippen molar-refractivity contribution in [2.45, 2.75) is 37.9 Å². The molecule has 0 heterocycles. The number of benzene rings is 1. The number of halogens is 1. The van der Waals surface area contributed by atoms with E-state index in [0.717, 1.165) is 25.7 Å². The molecule has 2 rings (SSSR count). The average molecular weight is 268 g/mol. The predicted octanol–water partition coefficient (Wildman–Crippen LogP) is 0.842. The summed E-state index contributed by atoms with van der Waals surface area (Å²) < 4.78 is 24.6. The molecule has 6 heteroatoms. The molecule has 104 valence electrons. The van der Waals surface area contributed by atoms with Crippen molar-refractivity contribution in [3.05, 3.63) is 24.0 Å². The van der Waals surface area contributed by atoms with Gasteiger partial charge in [0, 0.05) is 13.5 Å². The van der Waals surface area contributed by atoms with Crippen LogP contribution in [0.3, 0.4) is 0 Å². The van der Waals surface area contributed by atoms with Crippen LogP contribution in [0.2, 0.25) is 0 Å². The fourth-order valence-corrected chi connectivity index (χ4v) is 2.37. The zero-order valence-electron chi connectivity index (χ0n) is 10.9. The van der Waals surface area contributed by atoms with E-state index in [9.17, 15) is 4.39 Å². The summed E-state index contributed by atoms with van der Waals surface area (Å²) >= 11 is 0. The molecule has 0 saturated heterocycles. The summed E-state index contributed by atoms with van der Waals surface area (Å²) in [4.78, 5) is 0. The van der Waals surface area contributed by atoms with Crippen LogP contribution < -0.4 is 10.2 Å². The standard InChI is InChI=1S/C13H18BFO4/c1-18-10-3-2-4-11(8-10)19-13-7-9(14(16)17)5-6-12(13)15/h5-7,10-11,16-17H,2-4,8H2,1H3. The third kappa shape index (κ3) is 3.68. The van der Waals surface area contributed by atoms with E-state index in [0.29, 0.717) is 0 Å². The van der Waals surface area contributed by atoms with Crippen molar-refractivity contribution in [1.82, 2.24) is 0 Å². The molecule has 1 fully saturated rings. The van der Waals surface area contributed by atoms with Gasteiger partial charge in [0.25, 0.3) is 0 Å². The second kappa shape index (κ2) is 6.37. The van der Waals surface area contributed by atoms with Gasteiger partial charge in [-0.15, -0.1) is 0 Å². The normalized spacial score (nSPS) is 23.2. The van der Waals surface area contributed by atoms with Crippen LogP contribution in [0.5, 0.6) is 5.75 Å². The van der Waals surface area contributed by atoms with E-state index in [1.165, 1.54) is 18.2 Å². The van der Waals surface area contributed by atoms with Crippen molar-refractivity contribution in [2.24, 2.45) is 0 Å². The van der Waals surface area contributed by atoms with E-state index in [1.807, 2.05) is 0 Å². The molecular formula is C13H18BFO4. The third-order valence-corrected chi connectivity index (χ3v) is 3.46. The van der Waals surface area contributed by atoms with E-state index in [1.54, 1.807) is 7.11 Å². The van der Waals surface area contributed by atoms with Gasteiger partial charge in [-0.1, -0.05) is 6.07 Å². The molecule has 4 nitrogen and oxygen atoms in total. The lowest BCUT2D eigenvalue weighted by Gasteiger charge is -2.28. The van der Waals surface area contributed by atoms with Gasteiger partial charge in [0.1, 0.15) is 6.10 Å². The molecule has 0 spiro atoms. The van der Waals surface area contributed by atoms with Crippen LogP contribution in [0.25, 0.3) is 0 Å². The Kier molecular flexibility index (Phi) is 4.79. The Labute approximate surface area is 112 Å². The molecule has 1 saturated carbocycles. The fourth-order valence-electron chi connectivity index (χ4n) is 2.37. The number of hydrogen-bond acceptors (Lipinski definition) is 4. The number of rotatable bonds is 4. The quantitative estimate of drug-likeness (QED) is 0.794. The summed E-state index contributed by atoms with van der Waals surface area (Å²) in [5.41, 5.74) is 0.218. The number of hydrogen-bond donors (Lipinski definition) is 2. The summed E-state index contributed by atoms with van der Waals surface area (Å²) in [7, 11) is 0.0390. The van der Waals surface area contributed by atoms with Crippen molar-refractivity contribution in [1.29, 1.82) is 0 Å². The highest BCUT2D eigenvalue weighted by Gasteiger charge is 2.24. The lowest BCUT2D eigenvalue weighted by Crippen LogP contribution is -2.32. The summed E-state index contributed by atoms with van der Waals surface area (Å²) in [5.74, 6) is -0.434. The minimum atomic E-state index is -1.62. The highest BCUT2D eigenvalue weighted by molar-refractivity contribution is 6.58. The maximum Gasteiger partial charge on any atom is 0.488 e. The summed E-state index contributed by atoms with van der Waals surface area (Å²) in [6, 6.07) is 3.84.